The van der Waals surface area contributed by atoms with Crippen molar-refractivity contribution in [2.45, 2.75) is 19.4 Å². The van der Waals surface area contributed by atoms with Gasteiger partial charge in [0.1, 0.15) is 6.04 Å². The van der Waals surface area contributed by atoms with Crippen LogP contribution in [-0.2, 0) is 9.59 Å². The van der Waals surface area contributed by atoms with E-state index < -0.39 is 6.04 Å². The molecule has 1 aromatic carbocycles. The molecule has 1 N–H and O–H groups in total. The predicted molar refractivity (Wildman–Crippen MR) is 74.2 cm³/mol. The fraction of sp³-hybridized carbons (Fsp3) is 0.308. The summed E-state index contributed by atoms with van der Waals surface area (Å²) < 4.78 is 1.02. The number of fused-ring (bicyclic) bond motifs is 1. The number of thiazole rings is 1. The van der Waals surface area contributed by atoms with Crippen molar-refractivity contribution in [1.29, 1.82) is 0 Å². The number of piperazine rings is 1. The van der Waals surface area contributed by atoms with Crippen LogP contribution in [-0.4, -0.2) is 29.4 Å². The van der Waals surface area contributed by atoms with Gasteiger partial charge in [-0.25, -0.2) is 4.98 Å². The van der Waals surface area contributed by atoms with Crippen molar-refractivity contribution >= 4 is 39.1 Å². The highest BCUT2D eigenvalue weighted by molar-refractivity contribution is 7.16. The molecule has 98 valence electrons. The van der Waals surface area contributed by atoms with E-state index in [1.165, 1.54) is 11.3 Å². The van der Waals surface area contributed by atoms with Gasteiger partial charge < -0.3 is 5.32 Å². The van der Waals surface area contributed by atoms with Gasteiger partial charge in [0.05, 0.1) is 22.3 Å². The molecule has 3 rings (SSSR count). The highest BCUT2D eigenvalue weighted by Gasteiger charge is 2.34. The van der Waals surface area contributed by atoms with Crippen molar-refractivity contribution in [3.05, 3.63) is 23.7 Å². The van der Waals surface area contributed by atoms with Gasteiger partial charge in [0.2, 0.25) is 11.8 Å². The Morgan fingerprint density at radius 2 is 2.32 bits per heavy atom. The molecule has 1 aliphatic rings. The van der Waals surface area contributed by atoms with Crippen molar-refractivity contribution in [3.8, 4) is 0 Å². The Morgan fingerprint density at radius 1 is 1.47 bits per heavy atom. The minimum atomic E-state index is -0.424. The fourth-order valence-corrected chi connectivity index (χ4v) is 3.05. The molecule has 2 aromatic rings. The molecule has 2 heterocycles. The topological polar surface area (TPSA) is 62.3 Å². The SMILES string of the molecule is CCC1C(=O)NCC(=O)N1c1ccc2ncsc2c1. The third-order valence-electron chi connectivity index (χ3n) is 3.28. The summed E-state index contributed by atoms with van der Waals surface area (Å²) in [5.74, 6) is -0.165. The van der Waals surface area contributed by atoms with E-state index in [-0.39, 0.29) is 18.4 Å². The molecule has 0 spiro atoms. The zero-order chi connectivity index (χ0) is 13.4. The third-order valence-corrected chi connectivity index (χ3v) is 4.07. The molecule has 1 atom stereocenters. The van der Waals surface area contributed by atoms with E-state index in [9.17, 15) is 9.59 Å². The molecule has 0 bridgehead atoms. The van der Waals surface area contributed by atoms with Crippen LogP contribution in [0.5, 0.6) is 0 Å². The second-order valence-corrected chi connectivity index (χ2v) is 5.30. The quantitative estimate of drug-likeness (QED) is 0.904. The first-order valence-corrected chi connectivity index (χ1v) is 7.01. The summed E-state index contributed by atoms with van der Waals surface area (Å²) in [6.45, 7) is 1.97. The Kier molecular flexibility index (Phi) is 2.94. The van der Waals surface area contributed by atoms with Crippen LogP contribution in [0.1, 0.15) is 13.3 Å². The Morgan fingerprint density at radius 3 is 3.11 bits per heavy atom. The van der Waals surface area contributed by atoms with E-state index >= 15 is 0 Å². The molecule has 0 aliphatic carbocycles. The second kappa shape index (κ2) is 4.62. The van der Waals surface area contributed by atoms with Gasteiger partial charge in [-0.15, -0.1) is 11.3 Å². The zero-order valence-corrected chi connectivity index (χ0v) is 11.2. The van der Waals surface area contributed by atoms with Crippen molar-refractivity contribution in [1.82, 2.24) is 10.3 Å². The maximum Gasteiger partial charge on any atom is 0.247 e. The molecule has 1 unspecified atom stereocenters. The summed E-state index contributed by atoms with van der Waals surface area (Å²) >= 11 is 1.53. The molecule has 1 aliphatic heterocycles. The molecule has 5 nitrogen and oxygen atoms in total. The van der Waals surface area contributed by atoms with Gasteiger partial charge in [-0.1, -0.05) is 6.92 Å². The van der Waals surface area contributed by atoms with Gasteiger partial charge in [0.15, 0.2) is 0 Å². The Bertz CT molecular complexity index is 652. The molecule has 2 amide bonds. The van der Waals surface area contributed by atoms with Gasteiger partial charge >= 0.3 is 0 Å². The number of carbonyl (C=O) groups is 2. The number of benzene rings is 1. The summed E-state index contributed by atoms with van der Waals surface area (Å²) in [6.07, 6.45) is 0.596. The normalized spacial score (nSPS) is 19.8. The summed E-state index contributed by atoms with van der Waals surface area (Å²) in [5.41, 5.74) is 3.45. The Labute approximate surface area is 114 Å². The van der Waals surface area contributed by atoms with E-state index in [0.717, 1.165) is 15.9 Å². The molecule has 0 radical (unpaired) electrons. The number of hydrogen-bond acceptors (Lipinski definition) is 4. The number of nitrogens with zero attached hydrogens (tertiary/aromatic N) is 2. The minimum Gasteiger partial charge on any atom is -0.345 e. The lowest BCUT2D eigenvalue weighted by Gasteiger charge is -2.34. The lowest BCUT2D eigenvalue weighted by Crippen LogP contribution is -2.58. The maximum atomic E-state index is 12.1. The average Bonchev–Trinajstić information content (AvgIpc) is 2.88. The first-order chi connectivity index (χ1) is 9.20. The van der Waals surface area contributed by atoms with Crippen LogP contribution in [0.15, 0.2) is 23.7 Å². The van der Waals surface area contributed by atoms with Crippen LogP contribution in [0.4, 0.5) is 5.69 Å². The van der Waals surface area contributed by atoms with Crippen molar-refractivity contribution < 1.29 is 9.59 Å². The zero-order valence-electron chi connectivity index (χ0n) is 10.4. The largest absolute Gasteiger partial charge is 0.345 e. The van der Waals surface area contributed by atoms with E-state index in [1.807, 2.05) is 25.1 Å². The van der Waals surface area contributed by atoms with E-state index in [2.05, 4.69) is 10.3 Å². The van der Waals surface area contributed by atoms with Crippen molar-refractivity contribution in [2.24, 2.45) is 0 Å². The van der Waals surface area contributed by atoms with Gasteiger partial charge in [0, 0.05) is 5.69 Å². The molecule has 1 aromatic heterocycles. The van der Waals surface area contributed by atoms with E-state index in [1.54, 1.807) is 10.4 Å². The van der Waals surface area contributed by atoms with Crippen LogP contribution in [0.3, 0.4) is 0 Å². The highest BCUT2D eigenvalue weighted by atomic mass is 32.1. The molecule has 1 saturated heterocycles. The van der Waals surface area contributed by atoms with Crippen LogP contribution in [0.2, 0.25) is 0 Å². The number of rotatable bonds is 2. The number of anilines is 1. The van der Waals surface area contributed by atoms with Crippen LogP contribution in [0, 0.1) is 0 Å². The molecule has 0 saturated carbocycles. The Balaban J connectivity index is 2.05. The number of carbonyl (C=O) groups excluding carboxylic acids is 2. The monoisotopic (exact) mass is 275 g/mol. The number of nitrogens with one attached hydrogen (secondary N) is 1. The summed E-state index contributed by atoms with van der Waals surface area (Å²) in [5, 5.41) is 2.62. The molecule has 1 fully saturated rings. The predicted octanol–water partition coefficient (Wildman–Crippen LogP) is 1.54. The second-order valence-electron chi connectivity index (χ2n) is 4.41. The minimum absolute atomic E-state index is 0.0655. The molecule has 6 heteroatoms. The van der Waals surface area contributed by atoms with E-state index in [4.69, 9.17) is 0 Å². The van der Waals surface area contributed by atoms with Gasteiger partial charge in [0.25, 0.3) is 0 Å². The maximum absolute atomic E-state index is 12.1. The van der Waals surface area contributed by atoms with E-state index in [0.29, 0.717) is 6.42 Å². The van der Waals surface area contributed by atoms with Gasteiger partial charge in [-0.2, -0.15) is 0 Å². The smallest absolute Gasteiger partial charge is 0.247 e. The van der Waals surface area contributed by atoms with Crippen molar-refractivity contribution in [3.63, 3.8) is 0 Å². The average molecular weight is 275 g/mol. The van der Waals surface area contributed by atoms with Crippen LogP contribution in [0.25, 0.3) is 10.2 Å². The van der Waals surface area contributed by atoms with Crippen LogP contribution >= 0.6 is 11.3 Å². The lowest BCUT2D eigenvalue weighted by molar-refractivity contribution is -0.131. The van der Waals surface area contributed by atoms with Gasteiger partial charge in [-0.3, -0.25) is 14.5 Å². The first kappa shape index (κ1) is 12.1. The Hall–Kier alpha value is -1.95. The number of amides is 2. The number of hydrogen-bond donors (Lipinski definition) is 1. The molecular formula is C13H13N3O2S. The standard InChI is InChI=1S/C13H13N3O2S/c1-2-10-13(18)14-6-12(17)16(10)8-3-4-9-11(5-8)19-7-15-9/h3-5,7,10H,2,6H2,1H3,(H,14,18). The summed E-state index contributed by atoms with van der Waals surface area (Å²) in [4.78, 5) is 29.7. The van der Waals surface area contributed by atoms with Crippen LogP contribution < -0.4 is 10.2 Å². The summed E-state index contributed by atoms with van der Waals surface area (Å²) in [7, 11) is 0. The first-order valence-electron chi connectivity index (χ1n) is 6.13. The fourth-order valence-electron chi connectivity index (χ4n) is 2.34. The molecule has 19 heavy (non-hydrogen) atoms. The number of aromatic nitrogens is 1. The highest BCUT2D eigenvalue weighted by Crippen LogP contribution is 2.27. The summed E-state index contributed by atoms with van der Waals surface area (Å²) in [6, 6.07) is 5.23. The van der Waals surface area contributed by atoms with Crippen molar-refractivity contribution in [2.75, 3.05) is 11.4 Å². The third kappa shape index (κ3) is 1.98. The van der Waals surface area contributed by atoms with Gasteiger partial charge in [-0.05, 0) is 24.6 Å². The molecular weight excluding hydrogens is 262 g/mol. The lowest BCUT2D eigenvalue weighted by atomic mass is 10.1.